The monoisotopic (exact) mass is 330 g/mol. The van der Waals surface area contributed by atoms with Gasteiger partial charge in [-0.15, -0.1) is 10.2 Å². The molecule has 1 aliphatic rings. The lowest BCUT2D eigenvalue weighted by Gasteiger charge is -2.25. The Labute approximate surface area is 141 Å². The van der Waals surface area contributed by atoms with Crippen molar-refractivity contribution in [1.82, 2.24) is 20.1 Å². The lowest BCUT2D eigenvalue weighted by Crippen LogP contribution is -2.35. The zero-order valence-corrected chi connectivity index (χ0v) is 14.0. The maximum Gasteiger partial charge on any atom is 0.220 e. The Balaban J connectivity index is 1.45. The van der Waals surface area contributed by atoms with Crippen molar-refractivity contribution in [3.05, 3.63) is 35.9 Å². The molecule has 0 unspecified atom stereocenters. The van der Waals surface area contributed by atoms with E-state index in [1.165, 1.54) is 0 Å². The summed E-state index contributed by atoms with van der Waals surface area (Å²) in [5, 5.41) is 10.8. The van der Waals surface area contributed by atoms with Gasteiger partial charge in [-0.2, -0.15) is 0 Å². The standard InChI is InChI=1S/C17H22N4O3/c1-21-11-19-20-16(21)5-6-17(22)18-9-12-7-13-3-4-14(23-2)8-15(13)24-10-12/h3-4,8,11-12H,5-7,9-10H2,1-2H3,(H,18,22)/t12-/m1/s1. The van der Waals surface area contributed by atoms with Gasteiger partial charge in [0.05, 0.1) is 13.7 Å². The Morgan fingerprint density at radius 3 is 3.12 bits per heavy atom. The molecule has 1 aliphatic heterocycles. The zero-order chi connectivity index (χ0) is 16.9. The van der Waals surface area contributed by atoms with Gasteiger partial charge < -0.3 is 19.4 Å². The smallest absolute Gasteiger partial charge is 0.220 e. The highest BCUT2D eigenvalue weighted by molar-refractivity contribution is 5.76. The molecule has 0 saturated carbocycles. The normalized spacial score (nSPS) is 16.2. The lowest BCUT2D eigenvalue weighted by atomic mass is 9.96. The van der Waals surface area contributed by atoms with Crippen LogP contribution in [0.1, 0.15) is 17.8 Å². The third-order valence-corrected chi connectivity index (χ3v) is 4.23. The molecule has 7 heteroatoms. The van der Waals surface area contributed by atoms with Gasteiger partial charge >= 0.3 is 0 Å². The molecule has 0 fully saturated rings. The quantitative estimate of drug-likeness (QED) is 0.859. The fraction of sp³-hybridized carbons (Fsp3) is 0.471. The second-order valence-corrected chi connectivity index (χ2v) is 6.02. The number of hydrogen-bond acceptors (Lipinski definition) is 5. The number of aryl methyl sites for hydroxylation is 2. The molecule has 0 bridgehead atoms. The number of nitrogens with zero attached hydrogens (tertiary/aromatic N) is 3. The molecule has 3 rings (SSSR count). The van der Waals surface area contributed by atoms with Crippen LogP contribution in [0.5, 0.6) is 11.5 Å². The maximum atomic E-state index is 12.0. The van der Waals surface area contributed by atoms with Crippen LogP contribution in [0.4, 0.5) is 0 Å². The summed E-state index contributed by atoms with van der Waals surface area (Å²) in [7, 11) is 3.52. The van der Waals surface area contributed by atoms with Gasteiger partial charge in [0, 0.05) is 38.4 Å². The van der Waals surface area contributed by atoms with Crippen LogP contribution in [0.25, 0.3) is 0 Å². The van der Waals surface area contributed by atoms with Gasteiger partial charge in [0.2, 0.25) is 5.91 Å². The van der Waals surface area contributed by atoms with Crippen LogP contribution in [-0.2, 0) is 24.7 Å². The molecule has 1 aromatic heterocycles. The molecule has 1 atom stereocenters. The summed E-state index contributed by atoms with van der Waals surface area (Å²) in [4.78, 5) is 12.0. The first-order valence-corrected chi connectivity index (χ1v) is 8.05. The molecule has 1 aromatic carbocycles. The number of fused-ring (bicyclic) bond motifs is 1. The van der Waals surface area contributed by atoms with Crippen molar-refractivity contribution in [3.8, 4) is 11.5 Å². The largest absolute Gasteiger partial charge is 0.497 e. The SMILES string of the molecule is COc1ccc2c(c1)OC[C@@H](CNC(=O)CCc1nncn1C)C2. The van der Waals surface area contributed by atoms with E-state index in [-0.39, 0.29) is 11.8 Å². The number of nitrogens with one attached hydrogen (secondary N) is 1. The average molecular weight is 330 g/mol. The summed E-state index contributed by atoms with van der Waals surface area (Å²) >= 11 is 0. The van der Waals surface area contributed by atoms with E-state index in [0.717, 1.165) is 29.3 Å². The molecule has 0 aliphatic carbocycles. The van der Waals surface area contributed by atoms with Crippen LogP contribution in [0, 0.1) is 5.92 Å². The van der Waals surface area contributed by atoms with Crippen LogP contribution in [0.2, 0.25) is 0 Å². The number of carbonyl (C=O) groups excluding carboxylic acids is 1. The summed E-state index contributed by atoms with van der Waals surface area (Å²) < 4.78 is 12.8. The number of aromatic nitrogens is 3. The first-order chi connectivity index (χ1) is 11.7. The van der Waals surface area contributed by atoms with Gasteiger partial charge in [-0.05, 0) is 18.1 Å². The summed E-state index contributed by atoms with van der Waals surface area (Å²) in [5.74, 6) is 2.79. The number of amides is 1. The van der Waals surface area contributed by atoms with Crippen LogP contribution in [0.3, 0.4) is 0 Å². The van der Waals surface area contributed by atoms with Crippen molar-refractivity contribution < 1.29 is 14.3 Å². The lowest BCUT2D eigenvalue weighted by molar-refractivity contribution is -0.121. The van der Waals surface area contributed by atoms with Crippen molar-refractivity contribution >= 4 is 5.91 Å². The Morgan fingerprint density at radius 1 is 1.50 bits per heavy atom. The van der Waals surface area contributed by atoms with E-state index in [9.17, 15) is 4.79 Å². The fourth-order valence-corrected chi connectivity index (χ4v) is 2.78. The molecule has 0 spiro atoms. The topological polar surface area (TPSA) is 78.3 Å². The molecule has 2 aromatic rings. The van der Waals surface area contributed by atoms with E-state index < -0.39 is 0 Å². The Hall–Kier alpha value is -2.57. The van der Waals surface area contributed by atoms with Crippen molar-refractivity contribution in [2.24, 2.45) is 13.0 Å². The Bertz CT molecular complexity index is 714. The van der Waals surface area contributed by atoms with Crippen molar-refractivity contribution in [2.45, 2.75) is 19.3 Å². The molecular weight excluding hydrogens is 308 g/mol. The minimum Gasteiger partial charge on any atom is -0.497 e. The molecule has 1 N–H and O–H groups in total. The van der Waals surface area contributed by atoms with E-state index in [1.807, 2.05) is 29.8 Å². The van der Waals surface area contributed by atoms with E-state index in [1.54, 1.807) is 13.4 Å². The minimum absolute atomic E-state index is 0.0264. The number of carbonyl (C=O) groups is 1. The molecule has 24 heavy (non-hydrogen) atoms. The summed E-state index contributed by atoms with van der Waals surface area (Å²) in [5.41, 5.74) is 1.15. The third-order valence-electron chi connectivity index (χ3n) is 4.23. The van der Waals surface area contributed by atoms with Gasteiger partial charge in [-0.1, -0.05) is 6.07 Å². The fourth-order valence-electron chi connectivity index (χ4n) is 2.78. The molecule has 7 nitrogen and oxygen atoms in total. The molecule has 1 amide bonds. The van der Waals surface area contributed by atoms with Crippen LogP contribution in [-0.4, -0.2) is 40.9 Å². The molecule has 0 radical (unpaired) electrons. The maximum absolute atomic E-state index is 12.0. The second-order valence-electron chi connectivity index (χ2n) is 6.02. The summed E-state index contributed by atoms with van der Waals surface area (Å²) in [6.45, 7) is 1.22. The van der Waals surface area contributed by atoms with Gasteiger partial charge in [-0.25, -0.2) is 0 Å². The number of rotatable bonds is 6. The number of methoxy groups -OCH3 is 1. The molecule has 128 valence electrons. The van der Waals surface area contributed by atoms with Gasteiger partial charge in [-0.3, -0.25) is 4.79 Å². The first-order valence-electron chi connectivity index (χ1n) is 8.05. The van der Waals surface area contributed by atoms with E-state index >= 15 is 0 Å². The highest BCUT2D eigenvalue weighted by Crippen LogP contribution is 2.30. The Morgan fingerprint density at radius 2 is 2.38 bits per heavy atom. The summed E-state index contributed by atoms with van der Waals surface area (Å²) in [6, 6.07) is 5.87. The third kappa shape index (κ3) is 3.84. The minimum atomic E-state index is 0.0264. The average Bonchev–Trinajstić information content (AvgIpc) is 3.02. The van der Waals surface area contributed by atoms with E-state index in [4.69, 9.17) is 9.47 Å². The number of ether oxygens (including phenoxy) is 2. The van der Waals surface area contributed by atoms with Gasteiger partial charge in [0.25, 0.3) is 0 Å². The Kier molecular flexibility index (Phi) is 4.98. The molecule has 2 heterocycles. The van der Waals surface area contributed by atoms with Gasteiger partial charge in [0.15, 0.2) is 0 Å². The van der Waals surface area contributed by atoms with Crippen LogP contribution in [0.15, 0.2) is 24.5 Å². The van der Waals surface area contributed by atoms with Crippen molar-refractivity contribution in [2.75, 3.05) is 20.3 Å². The van der Waals surface area contributed by atoms with E-state index in [2.05, 4.69) is 15.5 Å². The highest BCUT2D eigenvalue weighted by atomic mass is 16.5. The molecular formula is C17H22N4O3. The van der Waals surface area contributed by atoms with Crippen LogP contribution < -0.4 is 14.8 Å². The number of hydrogen-bond donors (Lipinski definition) is 1. The van der Waals surface area contributed by atoms with Crippen LogP contribution >= 0.6 is 0 Å². The second kappa shape index (κ2) is 7.33. The van der Waals surface area contributed by atoms with E-state index in [0.29, 0.717) is 26.0 Å². The molecule has 0 saturated heterocycles. The predicted octanol–water partition coefficient (Wildman–Crippen LogP) is 1.12. The predicted molar refractivity (Wildman–Crippen MR) is 88.0 cm³/mol. The summed E-state index contributed by atoms with van der Waals surface area (Å²) in [6.07, 6.45) is 3.53. The van der Waals surface area contributed by atoms with Gasteiger partial charge in [0.1, 0.15) is 23.7 Å². The van der Waals surface area contributed by atoms with Crippen molar-refractivity contribution in [1.29, 1.82) is 0 Å². The number of benzene rings is 1. The first kappa shape index (κ1) is 16.3. The van der Waals surface area contributed by atoms with Crippen molar-refractivity contribution in [3.63, 3.8) is 0 Å². The highest BCUT2D eigenvalue weighted by Gasteiger charge is 2.21. The zero-order valence-electron chi connectivity index (χ0n) is 14.0.